The van der Waals surface area contributed by atoms with Gasteiger partial charge in [-0.1, -0.05) is 15.9 Å². The fourth-order valence-corrected chi connectivity index (χ4v) is 3.06. The molecule has 4 nitrogen and oxygen atoms in total. The number of aliphatic carboxylic acids is 1. The molecule has 2 N–H and O–H groups in total. The molecule has 0 aromatic heterocycles. The van der Waals surface area contributed by atoms with Gasteiger partial charge in [-0.2, -0.15) is 0 Å². The average Bonchev–Trinajstić information content (AvgIpc) is 2.80. The summed E-state index contributed by atoms with van der Waals surface area (Å²) in [5, 5.41) is 11.8. The SMILES string of the molecule is O=C(N[C@H]1CC[C@@H](C(=O)O)C1)c1cc(Br)ccc1Br. The van der Waals surface area contributed by atoms with Gasteiger partial charge in [0.2, 0.25) is 0 Å². The van der Waals surface area contributed by atoms with Gasteiger partial charge in [0.15, 0.2) is 0 Å². The summed E-state index contributed by atoms with van der Waals surface area (Å²) in [7, 11) is 0. The molecule has 1 aromatic carbocycles. The van der Waals surface area contributed by atoms with Crippen LogP contribution in [0.2, 0.25) is 0 Å². The first-order valence-corrected chi connectivity index (χ1v) is 7.54. The molecule has 1 aromatic rings. The van der Waals surface area contributed by atoms with Crippen LogP contribution in [0.3, 0.4) is 0 Å². The Balaban J connectivity index is 2.02. The number of carbonyl (C=O) groups is 2. The summed E-state index contributed by atoms with van der Waals surface area (Å²) < 4.78 is 1.55. The Hall–Kier alpha value is -0.880. The van der Waals surface area contributed by atoms with E-state index in [1.807, 2.05) is 6.07 Å². The van der Waals surface area contributed by atoms with Crippen LogP contribution >= 0.6 is 31.9 Å². The van der Waals surface area contributed by atoms with Crippen LogP contribution < -0.4 is 5.32 Å². The lowest BCUT2D eigenvalue weighted by molar-refractivity contribution is -0.141. The van der Waals surface area contributed by atoms with Crippen molar-refractivity contribution in [3.8, 4) is 0 Å². The summed E-state index contributed by atoms with van der Waals surface area (Å²) in [6, 6.07) is 5.33. The van der Waals surface area contributed by atoms with Gasteiger partial charge in [0.25, 0.3) is 5.91 Å². The molecular formula is C13H13Br2NO3. The van der Waals surface area contributed by atoms with Gasteiger partial charge < -0.3 is 10.4 Å². The monoisotopic (exact) mass is 389 g/mol. The molecule has 1 fully saturated rings. The van der Waals surface area contributed by atoms with Crippen LogP contribution in [0.25, 0.3) is 0 Å². The molecule has 102 valence electrons. The predicted octanol–water partition coefficient (Wildman–Crippen LogP) is 3.19. The molecule has 6 heteroatoms. The lowest BCUT2D eigenvalue weighted by atomic mass is 10.1. The Labute approximate surface area is 127 Å². The van der Waals surface area contributed by atoms with E-state index in [0.717, 1.165) is 8.95 Å². The Morgan fingerprint density at radius 3 is 2.63 bits per heavy atom. The molecule has 2 rings (SSSR count). The van der Waals surface area contributed by atoms with Gasteiger partial charge in [-0.15, -0.1) is 0 Å². The van der Waals surface area contributed by atoms with Crippen LogP contribution in [0.1, 0.15) is 29.6 Å². The molecule has 1 saturated carbocycles. The quantitative estimate of drug-likeness (QED) is 0.832. The number of rotatable bonds is 3. The minimum atomic E-state index is -0.777. The molecular weight excluding hydrogens is 378 g/mol. The molecule has 1 amide bonds. The predicted molar refractivity (Wildman–Crippen MR) is 78.1 cm³/mol. The maximum absolute atomic E-state index is 12.1. The minimum absolute atomic E-state index is 0.0560. The molecule has 0 aliphatic heterocycles. The molecule has 0 heterocycles. The Kier molecular flexibility index (Phi) is 4.62. The van der Waals surface area contributed by atoms with E-state index in [0.29, 0.717) is 24.8 Å². The first-order chi connectivity index (χ1) is 8.97. The van der Waals surface area contributed by atoms with E-state index in [1.165, 1.54) is 0 Å². The lowest BCUT2D eigenvalue weighted by Crippen LogP contribution is -2.33. The zero-order valence-corrected chi connectivity index (χ0v) is 13.2. The third-order valence-electron chi connectivity index (χ3n) is 3.29. The maximum atomic E-state index is 12.1. The Morgan fingerprint density at radius 1 is 1.26 bits per heavy atom. The number of nitrogens with one attached hydrogen (secondary N) is 1. The molecule has 0 unspecified atom stereocenters. The lowest BCUT2D eigenvalue weighted by Gasteiger charge is -2.13. The van der Waals surface area contributed by atoms with E-state index in [9.17, 15) is 9.59 Å². The highest BCUT2D eigenvalue weighted by molar-refractivity contribution is 9.11. The standard InChI is InChI=1S/C13H13Br2NO3/c14-8-2-4-11(15)10(6-8)12(17)16-9-3-1-7(5-9)13(18)19/h2,4,6-7,9H,1,3,5H2,(H,16,17)(H,18,19)/t7-,9+/m1/s1. The highest BCUT2D eigenvalue weighted by atomic mass is 79.9. The summed E-state index contributed by atoms with van der Waals surface area (Å²) in [5.74, 6) is -1.29. The summed E-state index contributed by atoms with van der Waals surface area (Å²) in [6.07, 6.45) is 1.85. The van der Waals surface area contributed by atoms with Gasteiger partial charge in [-0.25, -0.2) is 0 Å². The molecule has 0 spiro atoms. The fourth-order valence-electron chi connectivity index (χ4n) is 2.27. The smallest absolute Gasteiger partial charge is 0.306 e. The molecule has 1 aliphatic carbocycles. The topological polar surface area (TPSA) is 66.4 Å². The van der Waals surface area contributed by atoms with Gasteiger partial charge >= 0.3 is 5.97 Å². The first kappa shape index (κ1) is 14.5. The molecule has 0 radical (unpaired) electrons. The van der Waals surface area contributed by atoms with Gasteiger partial charge in [-0.3, -0.25) is 9.59 Å². The number of carbonyl (C=O) groups excluding carboxylic acids is 1. The van der Waals surface area contributed by atoms with Crippen LogP contribution in [0.15, 0.2) is 27.1 Å². The average molecular weight is 391 g/mol. The molecule has 0 bridgehead atoms. The Bertz CT molecular complexity index is 519. The number of hydrogen-bond donors (Lipinski definition) is 2. The third-order valence-corrected chi connectivity index (χ3v) is 4.47. The van der Waals surface area contributed by atoms with Gasteiger partial charge in [0.1, 0.15) is 0 Å². The van der Waals surface area contributed by atoms with E-state index in [4.69, 9.17) is 5.11 Å². The van der Waals surface area contributed by atoms with E-state index in [1.54, 1.807) is 12.1 Å². The fraction of sp³-hybridized carbons (Fsp3) is 0.385. The minimum Gasteiger partial charge on any atom is -0.481 e. The van der Waals surface area contributed by atoms with Crippen LogP contribution in [-0.2, 0) is 4.79 Å². The van der Waals surface area contributed by atoms with Crippen molar-refractivity contribution in [2.24, 2.45) is 5.92 Å². The number of halogens is 2. The van der Waals surface area contributed by atoms with E-state index < -0.39 is 5.97 Å². The van der Waals surface area contributed by atoms with Gasteiger partial charge in [0.05, 0.1) is 11.5 Å². The Morgan fingerprint density at radius 2 is 2.00 bits per heavy atom. The zero-order chi connectivity index (χ0) is 14.0. The first-order valence-electron chi connectivity index (χ1n) is 5.96. The van der Waals surface area contributed by atoms with Crippen molar-refractivity contribution in [3.63, 3.8) is 0 Å². The van der Waals surface area contributed by atoms with Crippen molar-refractivity contribution in [2.45, 2.75) is 25.3 Å². The number of hydrogen-bond acceptors (Lipinski definition) is 2. The summed E-state index contributed by atoms with van der Waals surface area (Å²) in [4.78, 5) is 23.0. The second-order valence-electron chi connectivity index (χ2n) is 4.64. The van der Waals surface area contributed by atoms with Crippen molar-refractivity contribution >= 4 is 43.7 Å². The van der Waals surface area contributed by atoms with Crippen molar-refractivity contribution in [3.05, 3.63) is 32.7 Å². The molecule has 2 atom stereocenters. The van der Waals surface area contributed by atoms with Crippen LogP contribution in [0.5, 0.6) is 0 Å². The number of carboxylic acids is 1. The van der Waals surface area contributed by atoms with Gasteiger partial charge in [0, 0.05) is 15.0 Å². The summed E-state index contributed by atoms with van der Waals surface area (Å²) >= 11 is 6.67. The largest absolute Gasteiger partial charge is 0.481 e. The van der Waals surface area contributed by atoms with Gasteiger partial charge in [-0.05, 0) is 53.4 Å². The zero-order valence-electron chi connectivity index (χ0n) is 10.0. The van der Waals surface area contributed by atoms with Crippen LogP contribution in [0.4, 0.5) is 0 Å². The van der Waals surface area contributed by atoms with Crippen molar-refractivity contribution in [2.75, 3.05) is 0 Å². The molecule has 19 heavy (non-hydrogen) atoms. The number of amides is 1. The summed E-state index contributed by atoms with van der Waals surface area (Å²) in [5.41, 5.74) is 0.549. The van der Waals surface area contributed by atoms with Crippen LogP contribution in [-0.4, -0.2) is 23.0 Å². The van der Waals surface area contributed by atoms with E-state index in [2.05, 4.69) is 37.2 Å². The van der Waals surface area contributed by atoms with Crippen molar-refractivity contribution in [1.82, 2.24) is 5.32 Å². The van der Waals surface area contributed by atoms with Crippen molar-refractivity contribution in [1.29, 1.82) is 0 Å². The number of carboxylic acid groups (broad SMARTS) is 1. The number of benzene rings is 1. The second-order valence-corrected chi connectivity index (χ2v) is 6.41. The third kappa shape index (κ3) is 3.57. The van der Waals surface area contributed by atoms with Crippen molar-refractivity contribution < 1.29 is 14.7 Å². The molecule has 1 aliphatic rings. The van der Waals surface area contributed by atoms with E-state index >= 15 is 0 Å². The van der Waals surface area contributed by atoms with E-state index in [-0.39, 0.29) is 17.9 Å². The van der Waals surface area contributed by atoms with Crippen LogP contribution in [0, 0.1) is 5.92 Å². The normalized spacial score (nSPS) is 22.2. The highest BCUT2D eigenvalue weighted by Crippen LogP contribution is 2.27. The summed E-state index contributed by atoms with van der Waals surface area (Å²) in [6.45, 7) is 0. The second kappa shape index (κ2) is 6.05. The molecule has 0 saturated heterocycles. The maximum Gasteiger partial charge on any atom is 0.306 e. The highest BCUT2D eigenvalue weighted by Gasteiger charge is 2.30.